The van der Waals surface area contributed by atoms with Gasteiger partial charge in [-0.15, -0.1) is 0 Å². The Balaban J connectivity index is 3.38. The van der Waals surface area contributed by atoms with Crippen molar-refractivity contribution < 1.29 is 4.74 Å². The van der Waals surface area contributed by atoms with E-state index in [2.05, 4.69) is 19.2 Å². The fraction of sp³-hybridized carbons (Fsp3) is 1.00. The van der Waals surface area contributed by atoms with E-state index in [1.807, 2.05) is 7.05 Å². The highest BCUT2D eigenvalue weighted by Gasteiger charge is 2.09. The zero-order chi connectivity index (χ0) is 7.98. The summed E-state index contributed by atoms with van der Waals surface area (Å²) in [5.74, 6) is 1.35. The number of hydrogen-bond donors (Lipinski definition) is 1. The first-order valence-electron chi connectivity index (χ1n) is 3.86. The molecule has 0 rings (SSSR count). The Kier molecular flexibility index (Phi) is 5.64. The fourth-order valence-corrected chi connectivity index (χ4v) is 0.950. The number of methoxy groups -OCH3 is 1. The van der Waals surface area contributed by atoms with Crippen LogP contribution in [0.5, 0.6) is 0 Å². The summed E-state index contributed by atoms with van der Waals surface area (Å²) in [6.07, 6.45) is 0. The van der Waals surface area contributed by atoms with Crippen LogP contribution in [0, 0.1) is 11.8 Å². The maximum atomic E-state index is 5.04. The van der Waals surface area contributed by atoms with E-state index >= 15 is 0 Å². The third kappa shape index (κ3) is 3.85. The Bertz CT molecular complexity index is 65.7. The van der Waals surface area contributed by atoms with Crippen molar-refractivity contribution >= 4 is 0 Å². The van der Waals surface area contributed by atoms with Gasteiger partial charge in [0, 0.05) is 13.7 Å². The molecular formula is C8H19NO. The molecule has 0 aromatic carbocycles. The molecule has 0 spiro atoms. The van der Waals surface area contributed by atoms with E-state index < -0.39 is 0 Å². The second kappa shape index (κ2) is 5.69. The SMILES string of the molecule is CNCC(C)C(C)COC. The van der Waals surface area contributed by atoms with Crippen molar-refractivity contribution in [3.8, 4) is 0 Å². The molecule has 0 aromatic rings. The molecule has 0 aliphatic carbocycles. The van der Waals surface area contributed by atoms with Crippen molar-refractivity contribution in [2.75, 3.05) is 27.3 Å². The summed E-state index contributed by atoms with van der Waals surface area (Å²) in [5, 5.41) is 3.15. The van der Waals surface area contributed by atoms with E-state index in [0.717, 1.165) is 13.2 Å². The molecule has 0 radical (unpaired) electrons. The van der Waals surface area contributed by atoms with Crippen molar-refractivity contribution in [2.24, 2.45) is 11.8 Å². The standard InChI is InChI=1S/C8H19NO/c1-7(5-9-3)8(2)6-10-4/h7-9H,5-6H2,1-4H3. The van der Waals surface area contributed by atoms with Crippen LogP contribution in [0.25, 0.3) is 0 Å². The van der Waals surface area contributed by atoms with E-state index in [-0.39, 0.29) is 0 Å². The van der Waals surface area contributed by atoms with Crippen LogP contribution in [0.4, 0.5) is 0 Å². The highest BCUT2D eigenvalue weighted by atomic mass is 16.5. The summed E-state index contributed by atoms with van der Waals surface area (Å²) < 4.78 is 5.04. The zero-order valence-electron chi connectivity index (χ0n) is 7.48. The topological polar surface area (TPSA) is 21.3 Å². The Hall–Kier alpha value is -0.0800. The molecule has 0 aliphatic heterocycles. The van der Waals surface area contributed by atoms with E-state index in [1.54, 1.807) is 7.11 Å². The van der Waals surface area contributed by atoms with Gasteiger partial charge in [0.1, 0.15) is 0 Å². The van der Waals surface area contributed by atoms with Gasteiger partial charge in [0.2, 0.25) is 0 Å². The summed E-state index contributed by atoms with van der Waals surface area (Å²) in [6, 6.07) is 0. The van der Waals surface area contributed by atoms with Crippen LogP contribution >= 0.6 is 0 Å². The van der Waals surface area contributed by atoms with Crippen molar-refractivity contribution in [2.45, 2.75) is 13.8 Å². The van der Waals surface area contributed by atoms with Gasteiger partial charge in [0.25, 0.3) is 0 Å². The summed E-state index contributed by atoms with van der Waals surface area (Å²) >= 11 is 0. The molecule has 0 saturated carbocycles. The zero-order valence-corrected chi connectivity index (χ0v) is 7.48. The summed E-state index contributed by atoms with van der Waals surface area (Å²) in [5.41, 5.74) is 0. The van der Waals surface area contributed by atoms with Gasteiger partial charge in [-0.05, 0) is 25.4 Å². The molecule has 0 fully saturated rings. The van der Waals surface area contributed by atoms with Crippen molar-refractivity contribution in [3.05, 3.63) is 0 Å². The first-order valence-corrected chi connectivity index (χ1v) is 3.86. The Morgan fingerprint density at radius 2 is 1.90 bits per heavy atom. The number of nitrogens with one attached hydrogen (secondary N) is 1. The fourth-order valence-electron chi connectivity index (χ4n) is 0.950. The monoisotopic (exact) mass is 145 g/mol. The second-order valence-electron chi connectivity index (χ2n) is 2.97. The normalized spacial score (nSPS) is 16.8. The third-order valence-corrected chi connectivity index (χ3v) is 1.93. The lowest BCUT2D eigenvalue weighted by molar-refractivity contribution is 0.134. The van der Waals surface area contributed by atoms with Crippen LogP contribution in [-0.2, 0) is 4.74 Å². The first kappa shape index (κ1) is 9.92. The molecule has 0 amide bonds. The van der Waals surface area contributed by atoms with Crippen molar-refractivity contribution in [1.82, 2.24) is 5.32 Å². The number of ether oxygens (including phenoxy) is 1. The predicted molar refractivity (Wildman–Crippen MR) is 44.1 cm³/mol. The van der Waals surface area contributed by atoms with Gasteiger partial charge < -0.3 is 10.1 Å². The van der Waals surface area contributed by atoms with Crippen LogP contribution in [-0.4, -0.2) is 27.3 Å². The molecule has 0 aromatic heterocycles. The second-order valence-corrected chi connectivity index (χ2v) is 2.97. The van der Waals surface area contributed by atoms with Crippen molar-refractivity contribution in [3.63, 3.8) is 0 Å². The van der Waals surface area contributed by atoms with Gasteiger partial charge in [-0.1, -0.05) is 13.8 Å². The molecule has 1 N–H and O–H groups in total. The summed E-state index contributed by atoms with van der Waals surface area (Å²) in [6.45, 7) is 6.39. The molecule has 62 valence electrons. The minimum Gasteiger partial charge on any atom is -0.384 e. The van der Waals surface area contributed by atoms with Crippen molar-refractivity contribution in [1.29, 1.82) is 0 Å². The molecule has 2 unspecified atom stereocenters. The lowest BCUT2D eigenvalue weighted by Gasteiger charge is -2.18. The minimum atomic E-state index is 0.650. The minimum absolute atomic E-state index is 0.650. The lowest BCUT2D eigenvalue weighted by atomic mass is 9.97. The molecule has 10 heavy (non-hydrogen) atoms. The average Bonchev–Trinajstić information content (AvgIpc) is 1.89. The van der Waals surface area contributed by atoms with Gasteiger partial charge in [-0.2, -0.15) is 0 Å². The molecule has 2 heteroatoms. The molecular weight excluding hydrogens is 126 g/mol. The van der Waals surface area contributed by atoms with Crippen LogP contribution in [0.3, 0.4) is 0 Å². The van der Waals surface area contributed by atoms with Gasteiger partial charge in [0.15, 0.2) is 0 Å². The average molecular weight is 145 g/mol. The molecule has 0 saturated heterocycles. The van der Waals surface area contributed by atoms with Crippen LogP contribution in [0.2, 0.25) is 0 Å². The van der Waals surface area contributed by atoms with Crippen LogP contribution in [0.1, 0.15) is 13.8 Å². The largest absolute Gasteiger partial charge is 0.384 e. The maximum absolute atomic E-state index is 5.04. The number of rotatable bonds is 5. The summed E-state index contributed by atoms with van der Waals surface area (Å²) in [4.78, 5) is 0. The predicted octanol–water partition coefficient (Wildman–Crippen LogP) is 1.12. The Morgan fingerprint density at radius 1 is 1.30 bits per heavy atom. The van der Waals surface area contributed by atoms with Crippen LogP contribution < -0.4 is 5.32 Å². The molecule has 0 heterocycles. The summed E-state index contributed by atoms with van der Waals surface area (Å²) in [7, 11) is 3.73. The van der Waals surface area contributed by atoms with Crippen LogP contribution in [0.15, 0.2) is 0 Å². The molecule has 0 aliphatic rings. The quantitative estimate of drug-likeness (QED) is 0.626. The Morgan fingerprint density at radius 3 is 2.30 bits per heavy atom. The van der Waals surface area contributed by atoms with E-state index in [0.29, 0.717) is 11.8 Å². The Labute approximate surface area is 64.0 Å². The lowest BCUT2D eigenvalue weighted by Crippen LogP contribution is -2.24. The van der Waals surface area contributed by atoms with Gasteiger partial charge in [0.05, 0.1) is 0 Å². The smallest absolute Gasteiger partial charge is 0.0490 e. The number of hydrogen-bond acceptors (Lipinski definition) is 2. The maximum Gasteiger partial charge on any atom is 0.0490 e. The molecule has 2 atom stereocenters. The van der Waals surface area contributed by atoms with Gasteiger partial charge in [-0.3, -0.25) is 0 Å². The first-order chi connectivity index (χ1) is 4.72. The van der Waals surface area contributed by atoms with E-state index in [9.17, 15) is 0 Å². The van der Waals surface area contributed by atoms with E-state index in [1.165, 1.54) is 0 Å². The third-order valence-electron chi connectivity index (χ3n) is 1.93. The van der Waals surface area contributed by atoms with Gasteiger partial charge in [-0.25, -0.2) is 0 Å². The van der Waals surface area contributed by atoms with E-state index in [4.69, 9.17) is 4.74 Å². The molecule has 2 nitrogen and oxygen atoms in total. The van der Waals surface area contributed by atoms with Gasteiger partial charge >= 0.3 is 0 Å². The highest BCUT2D eigenvalue weighted by molar-refractivity contribution is 4.62. The molecule has 0 bridgehead atoms. The highest BCUT2D eigenvalue weighted by Crippen LogP contribution is 2.08.